The number of amides is 2. The number of esters is 1. The molecule has 0 aromatic rings. The van der Waals surface area contributed by atoms with Crippen molar-refractivity contribution in [2.45, 2.75) is 37.2 Å². The van der Waals surface area contributed by atoms with Crippen molar-refractivity contribution >= 4 is 17.8 Å². The molecule has 2 amide bonds. The Kier molecular flexibility index (Phi) is 6.93. The Morgan fingerprint density at radius 3 is 1.88 bits per heavy atom. The second-order valence-corrected chi connectivity index (χ2v) is 4.34. The molecule has 0 spiro atoms. The van der Waals surface area contributed by atoms with E-state index in [2.05, 4.69) is 10.5 Å². The molecule has 3 N–H and O–H groups in total. The number of nitrogens with one attached hydrogen (secondary N) is 1. The van der Waals surface area contributed by atoms with Crippen molar-refractivity contribution in [2.75, 3.05) is 6.61 Å². The number of rotatable bonds is 7. The Morgan fingerprint density at radius 2 is 1.50 bits per heavy atom. The fourth-order valence-corrected chi connectivity index (χ4v) is 1.12. The van der Waals surface area contributed by atoms with Gasteiger partial charge in [-0.05, 0) is 6.42 Å². The summed E-state index contributed by atoms with van der Waals surface area (Å²) in [5, 5.41) is 1.01. The van der Waals surface area contributed by atoms with E-state index >= 15 is 0 Å². The van der Waals surface area contributed by atoms with E-state index in [9.17, 15) is 49.5 Å². The first kappa shape index (κ1) is 21.9. The first-order valence-corrected chi connectivity index (χ1v) is 5.85. The largest absolute Gasteiger partial charge is 0.471 e. The summed E-state index contributed by atoms with van der Waals surface area (Å²) in [7, 11) is 0. The minimum Gasteiger partial charge on any atom is -0.457 e. The molecule has 0 aliphatic carbocycles. The molecule has 0 saturated carbocycles. The molecule has 6 nitrogen and oxygen atoms in total. The number of primary amides is 1. The summed E-state index contributed by atoms with van der Waals surface area (Å²) in [6.07, 6.45) is -13.2. The number of carbonyl (C=O) groups is 3. The van der Waals surface area contributed by atoms with Gasteiger partial charge in [0.1, 0.15) is 6.04 Å². The molecule has 1 atom stereocenters. The lowest BCUT2D eigenvalue weighted by molar-refractivity contribution is -0.294. The summed E-state index contributed by atoms with van der Waals surface area (Å²) < 4.78 is 101. The van der Waals surface area contributed by atoms with E-state index in [0.29, 0.717) is 0 Å². The highest BCUT2D eigenvalue weighted by molar-refractivity contribution is 5.88. The van der Waals surface area contributed by atoms with Crippen LogP contribution in [0.5, 0.6) is 0 Å². The van der Waals surface area contributed by atoms with Crippen LogP contribution in [-0.4, -0.2) is 48.7 Å². The van der Waals surface area contributed by atoms with E-state index in [1.807, 2.05) is 0 Å². The Bertz CT molecular complexity index is 488. The first-order chi connectivity index (χ1) is 10.6. The van der Waals surface area contributed by atoms with Gasteiger partial charge in [0.25, 0.3) is 0 Å². The maximum Gasteiger partial charge on any atom is 0.471 e. The lowest BCUT2D eigenvalue weighted by Gasteiger charge is -2.22. The summed E-state index contributed by atoms with van der Waals surface area (Å²) in [4.78, 5) is 32.6. The summed E-state index contributed by atoms with van der Waals surface area (Å²) in [5.74, 6) is -11.3. The highest BCUT2D eigenvalue weighted by Crippen LogP contribution is 2.35. The zero-order valence-electron chi connectivity index (χ0n) is 11.4. The van der Waals surface area contributed by atoms with Crippen molar-refractivity contribution in [3.63, 3.8) is 0 Å². The van der Waals surface area contributed by atoms with E-state index in [0.717, 1.165) is 5.32 Å². The maximum absolute atomic E-state index is 12.6. The zero-order chi connectivity index (χ0) is 19.3. The molecule has 0 rings (SSSR count). The van der Waals surface area contributed by atoms with Gasteiger partial charge >= 0.3 is 30.2 Å². The zero-order valence-corrected chi connectivity index (χ0v) is 11.4. The molecule has 0 fully saturated rings. The van der Waals surface area contributed by atoms with Crippen LogP contribution in [0.15, 0.2) is 0 Å². The Morgan fingerprint density at radius 1 is 1.00 bits per heavy atom. The van der Waals surface area contributed by atoms with Gasteiger partial charge in [-0.15, -0.1) is 0 Å². The van der Waals surface area contributed by atoms with Gasteiger partial charge in [0.05, 0.1) is 0 Å². The third-order valence-corrected chi connectivity index (χ3v) is 2.34. The number of alkyl halides is 8. The quantitative estimate of drug-likeness (QED) is 0.514. The molecule has 14 heteroatoms. The van der Waals surface area contributed by atoms with Crippen molar-refractivity contribution in [3.8, 4) is 0 Å². The monoisotopic (exact) mass is 374 g/mol. The van der Waals surface area contributed by atoms with Crippen molar-refractivity contribution < 1.29 is 54.2 Å². The van der Waals surface area contributed by atoms with Gasteiger partial charge in [-0.2, -0.15) is 35.1 Å². The van der Waals surface area contributed by atoms with Crippen LogP contribution in [-0.2, 0) is 19.1 Å². The number of halogens is 8. The minimum atomic E-state index is -6.06. The van der Waals surface area contributed by atoms with Gasteiger partial charge < -0.3 is 15.8 Å². The third-order valence-electron chi connectivity index (χ3n) is 2.34. The Hall–Kier alpha value is -2.15. The molecule has 0 aromatic carbocycles. The number of carbonyl (C=O) groups excluding carboxylic acids is 3. The molecule has 0 bridgehead atoms. The van der Waals surface area contributed by atoms with Gasteiger partial charge in [-0.3, -0.25) is 9.59 Å². The first-order valence-electron chi connectivity index (χ1n) is 5.85. The molecular formula is C10H10F8N2O4. The smallest absolute Gasteiger partial charge is 0.457 e. The van der Waals surface area contributed by atoms with Crippen LogP contribution in [0.25, 0.3) is 0 Å². The lowest BCUT2D eigenvalue weighted by atomic mass is 10.1. The minimum absolute atomic E-state index is 0.770. The normalized spacial score (nSPS) is 14.0. The number of nitrogens with two attached hydrogens (primary N) is 1. The Labute approximate surface area is 128 Å². The molecule has 1 unspecified atom stereocenters. The summed E-state index contributed by atoms with van der Waals surface area (Å²) in [6.45, 7) is -2.51. The summed E-state index contributed by atoms with van der Waals surface area (Å²) in [6, 6.07) is -2.30. The van der Waals surface area contributed by atoms with Crippen LogP contribution >= 0.6 is 0 Å². The highest BCUT2D eigenvalue weighted by Gasteiger charge is 2.58. The average Bonchev–Trinajstić information content (AvgIpc) is 2.37. The average molecular weight is 374 g/mol. The van der Waals surface area contributed by atoms with E-state index in [-0.39, 0.29) is 0 Å². The van der Waals surface area contributed by atoms with E-state index < -0.39 is 61.5 Å². The van der Waals surface area contributed by atoms with E-state index in [4.69, 9.17) is 0 Å². The molecule has 0 heterocycles. The third kappa shape index (κ3) is 6.95. The van der Waals surface area contributed by atoms with Crippen molar-refractivity contribution in [1.29, 1.82) is 0 Å². The standard InChI is InChI=1S/C10H10F8N2O4/c11-8(12,10(16,17)18)3-24-6(22)4(1-2-5(19)21)20-7(23)9(13,14)15/h4H,1-3H2,(H2,19,21)(H,20,23). The summed E-state index contributed by atoms with van der Waals surface area (Å²) in [5.41, 5.74) is 4.66. The molecule has 0 aliphatic rings. The Balaban J connectivity index is 4.98. The van der Waals surface area contributed by atoms with Crippen LogP contribution in [0.2, 0.25) is 0 Å². The topological polar surface area (TPSA) is 98.5 Å². The fraction of sp³-hybridized carbons (Fsp3) is 0.700. The maximum atomic E-state index is 12.6. The van der Waals surface area contributed by atoms with Crippen LogP contribution < -0.4 is 11.1 Å². The van der Waals surface area contributed by atoms with Gasteiger partial charge in [-0.1, -0.05) is 0 Å². The molecule has 24 heavy (non-hydrogen) atoms. The van der Waals surface area contributed by atoms with Gasteiger partial charge in [0.15, 0.2) is 6.61 Å². The van der Waals surface area contributed by atoms with E-state index in [1.165, 1.54) is 0 Å². The number of hydrogen-bond acceptors (Lipinski definition) is 4. The van der Waals surface area contributed by atoms with Gasteiger partial charge in [0.2, 0.25) is 5.91 Å². The van der Waals surface area contributed by atoms with Crippen LogP contribution in [0.4, 0.5) is 35.1 Å². The molecule has 0 aliphatic heterocycles. The molecule has 0 radical (unpaired) electrons. The fourth-order valence-electron chi connectivity index (χ4n) is 1.12. The summed E-state index contributed by atoms with van der Waals surface area (Å²) >= 11 is 0. The molecule has 0 aromatic heterocycles. The van der Waals surface area contributed by atoms with Crippen molar-refractivity contribution in [2.24, 2.45) is 5.73 Å². The highest BCUT2D eigenvalue weighted by atomic mass is 19.4. The van der Waals surface area contributed by atoms with Crippen LogP contribution in [0.3, 0.4) is 0 Å². The van der Waals surface area contributed by atoms with Gasteiger partial charge in [0, 0.05) is 6.42 Å². The SMILES string of the molecule is NC(=O)CCC(NC(=O)C(F)(F)F)C(=O)OCC(F)(F)C(F)(F)F. The van der Waals surface area contributed by atoms with Crippen LogP contribution in [0, 0.1) is 0 Å². The van der Waals surface area contributed by atoms with Gasteiger partial charge in [-0.25, -0.2) is 4.79 Å². The number of hydrogen-bond donors (Lipinski definition) is 2. The predicted molar refractivity (Wildman–Crippen MR) is 58.4 cm³/mol. The molecular weight excluding hydrogens is 364 g/mol. The molecule has 140 valence electrons. The van der Waals surface area contributed by atoms with Crippen molar-refractivity contribution in [3.05, 3.63) is 0 Å². The lowest BCUT2D eigenvalue weighted by Crippen LogP contribution is -2.49. The second-order valence-electron chi connectivity index (χ2n) is 4.34. The van der Waals surface area contributed by atoms with Crippen molar-refractivity contribution in [1.82, 2.24) is 5.32 Å². The predicted octanol–water partition coefficient (Wildman–Crippen LogP) is 1.04. The van der Waals surface area contributed by atoms with Crippen LogP contribution in [0.1, 0.15) is 12.8 Å². The number of ether oxygens (including phenoxy) is 1. The second kappa shape index (κ2) is 7.61. The van der Waals surface area contributed by atoms with E-state index in [1.54, 1.807) is 0 Å². The molecule has 0 saturated heterocycles.